The maximum absolute atomic E-state index is 12.8. The Hall–Kier alpha value is -1.90. The van der Waals surface area contributed by atoms with E-state index in [-0.39, 0.29) is 18.4 Å². The molecular weight excluding hydrogens is 406 g/mol. The zero-order valence-electron chi connectivity index (χ0n) is 16.6. The van der Waals surface area contributed by atoms with Crippen molar-refractivity contribution < 1.29 is 13.2 Å². The normalized spacial score (nSPS) is 20.7. The van der Waals surface area contributed by atoms with E-state index in [0.717, 1.165) is 24.3 Å². The second-order valence-electron chi connectivity index (χ2n) is 7.82. The Morgan fingerprint density at radius 1 is 1.14 bits per heavy atom. The van der Waals surface area contributed by atoms with Gasteiger partial charge in [0, 0.05) is 37.6 Å². The molecule has 0 bridgehead atoms. The number of carbonyl (C=O) groups is 1. The van der Waals surface area contributed by atoms with Gasteiger partial charge >= 0.3 is 0 Å². The van der Waals surface area contributed by atoms with Crippen molar-refractivity contribution in [1.29, 1.82) is 0 Å². The Morgan fingerprint density at radius 2 is 1.93 bits per heavy atom. The van der Waals surface area contributed by atoms with Crippen LogP contribution in [0.1, 0.15) is 31.2 Å². The van der Waals surface area contributed by atoms with Gasteiger partial charge in [0.2, 0.25) is 5.91 Å². The number of rotatable bonds is 5. The Kier molecular flexibility index (Phi) is 5.94. The minimum Gasteiger partial charge on any atom is -0.371 e. The molecule has 6 nitrogen and oxygen atoms in total. The van der Waals surface area contributed by atoms with Gasteiger partial charge in [0.05, 0.1) is 5.92 Å². The van der Waals surface area contributed by atoms with Gasteiger partial charge in [-0.25, -0.2) is 8.42 Å². The largest absolute Gasteiger partial charge is 0.371 e. The van der Waals surface area contributed by atoms with Crippen LogP contribution in [-0.4, -0.2) is 44.8 Å². The molecule has 0 aliphatic carbocycles. The smallest absolute Gasteiger partial charge is 0.252 e. The van der Waals surface area contributed by atoms with Crippen LogP contribution < -0.4 is 10.2 Å². The molecule has 1 atom stereocenters. The Bertz CT molecular complexity index is 967. The molecule has 2 saturated heterocycles. The number of piperidine rings is 1. The average molecular weight is 434 g/mol. The standard InChI is InChI=1S/C21H27N3O3S2/c1-16-14-18(8-9-19(16)23-10-2-3-11-23)22-21(25)17-6-4-12-24(15-17)29(26,27)20-7-5-13-28-20/h5,7-9,13-14,17H,2-4,6,10-12,15H2,1H3,(H,22,25). The van der Waals surface area contributed by atoms with E-state index in [2.05, 4.69) is 23.2 Å². The number of hydrogen-bond acceptors (Lipinski definition) is 5. The molecule has 2 aliphatic heterocycles. The minimum atomic E-state index is -3.51. The number of thiophene rings is 1. The van der Waals surface area contributed by atoms with Crippen molar-refractivity contribution in [2.24, 2.45) is 5.92 Å². The first-order valence-corrected chi connectivity index (χ1v) is 12.5. The first kappa shape index (κ1) is 20.4. The number of hydrogen-bond donors (Lipinski definition) is 1. The van der Waals surface area contributed by atoms with E-state index in [0.29, 0.717) is 23.6 Å². The van der Waals surface area contributed by atoms with Gasteiger partial charge in [-0.05, 0) is 67.8 Å². The van der Waals surface area contributed by atoms with Gasteiger partial charge in [0.1, 0.15) is 4.21 Å². The summed E-state index contributed by atoms with van der Waals surface area (Å²) in [5.41, 5.74) is 3.15. The molecular formula is C21H27N3O3S2. The van der Waals surface area contributed by atoms with Gasteiger partial charge < -0.3 is 10.2 Å². The van der Waals surface area contributed by atoms with Crippen molar-refractivity contribution in [2.75, 3.05) is 36.4 Å². The van der Waals surface area contributed by atoms with Crippen molar-refractivity contribution in [2.45, 2.75) is 36.8 Å². The molecule has 0 radical (unpaired) electrons. The number of nitrogens with one attached hydrogen (secondary N) is 1. The third kappa shape index (κ3) is 4.34. The molecule has 2 aliphatic rings. The van der Waals surface area contributed by atoms with Gasteiger partial charge in [0.25, 0.3) is 10.0 Å². The van der Waals surface area contributed by atoms with Gasteiger partial charge in [-0.15, -0.1) is 11.3 Å². The van der Waals surface area contributed by atoms with Crippen LogP contribution in [0.3, 0.4) is 0 Å². The minimum absolute atomic E-state index is 0.107. The third-order valence-electron chi connectivity index (χ3n) is 5.76. The van der Waals surface area contributed by atoms with E-state index in [4.69, 9.17) is 0 Å². The summed E-state index contributed by atoms with van der Waals surface area (Å²) in [4.78, 5) is 15.2. The maximum Gasteiger partial charge on any atom is 0.252 e. The van der Waals surface area contributed by atoms with E-state index < -0.39 is 10.0 Å². The number of anilines is 2. The molecule has 2 aromatic rings. The summed E-state index contributed by atoms with van der Waals surface area (Å²) in [6.45, 7) is 4.94. The van der Waals surface area contributed by atoms with Crippen LogP contribution in [0.4, 0.5) is 11.4 Å². The zero-order valence-corrected chi connectivity index (χ0v) is 18.3. The van der Waals surface area contributed by atoms with Crippen LogP contribution in [0.5, 0.6) is 0 Å². The quantitative estimate of drug-likeness (QED) is 0.781. The van der Waals surface area contributed by atoms with E-state index >= 15 is 0 Å². The molecule has 8 heteroatoms. The highest BCUT2D eigenvalue weighted by Gasteiger charge is 2.33. The Labute approximate surface area is 176 Å². The molecule has 1 aromatic heterocycles. The maximum atomic E-state index is 12.8. The predicted octanol–water partition coefficient (Wildman–Crippen LogP) is 3.70. The molecule has 1 amide bonds. The van der Waals surface area contributed by atoms with Crippen LogP contribution in [0, 0.1) is 12.8 Å². The lowest BCUT2D eigenvalue weighted by molar-refractivity contribution is -0.120. The highest BCUT2D eigenvalue weighted by atomic mass is 32.2. The number of sulfonamides is 1. The van der Waals surface area contributed by atoms with Crippen molar-refractivity contribution in [3.8, 4) is 0 Å². The van der Waals surface area contributed by atoms with Gasteiger partial charge in [0.15, 0.2) is 0 Å². The zero-order chi connectivity index (χ0) is 20.4. The predicted molar refractivity (Wildman–Crippen MR) is 117 cm³/mol. The van der Waals surface area contributed by atoms with E-state index in [1.165, 1.54) is 34.2 Å². The SMILES string of the molecule is Cc1cc(NC(=O)C2CCCN(S(=O)(=O)c3cccs3)C2)ccc1N1CCCC1. The lowest BCUT2D eigenvalue weighted by Gasteiger charge is -2.30. The molecule has 156 valence electrons. The van der Waals surface area contributed by atoms with Gasteiger partial charge in [-0.3, -0.25) is 4.79 Å². The summed E-state index contributed by atoms with van der Waals surface area (Å²) in [7, 11) is -3.51. The van der Waals surface area contributed by atoms with E-state index in [1.54, 1.807) is 17.5 Å². The van der Waals surface area contributed by atoms with Crippen LogP contribution in [-0.2, 0) is 14.8 Å². The Morgan fingerprint density at radius 3 is 2.62 bits per heavy atom. The van der Waals surface area contributed by atoms with Crippen LogP contribution in [0.25, 0.3) is 0 Å². The van der Waals surface area contributed by atoms with E-state index in [1.807, 2.05) is 12.1 Å². The average Bonchev–Trinajstić information content (AvgIpc) is 3.42. The van der Waals surface area contributed by atoms with Crippen LogP contribution in [0.15, 0.2) is 39.9 Å². The van der Waals surface area contributed by atoms with Gasteiger partial charge in [-0.2, -0.15) is 4.31 Å². The van der Waals surface area contributed by atoms with Crippen molar-refractivity contribution in [3.63, 3.8) is 0 Å². The summed E-state index contributed by atoms with van der Waals surface area (Å²) in [5.74, 6) is -0.443. The molecule has 1 unspecified atom stereocenters. The Balaban J connectivity index is 1.42. The fourth-order valence-corrected chi connectivity index (χ4v) is 6.87. The summed E-state index contributed by atoms with van der Waals surface area (Å²) in [6, 6.07) is 9.38. The van der Waals surface area contributed by atoms with E-state index in [9.17, 15) is 13.2 Å². The summed E-state index contributed by atoms with van der Waals surface area (Å²) < 4.78 is 27.4. The molecule has 1 N–H and O–H groups in total. The molecule has 29 heavy (non-hydrogen) atoms. The number of benzene rings is 1. The van der Waals surface area contributed by atoms with Crippen molar-refractivity contribution >= 4 is 38.6 Å². The summed E-state index contributed by atoms with van der Waals surface area (Å²) >= 11 is 1.21. The number of amides is 1. The highest BCUT2D eigenvalue weighted by Crippen LogP contribution is 2.29. The molecule has 4 rings (SSSR count). The van der Waals surface area contributed by atoms with Gasteiger partial charge in [-0.1, -0.05) is 6.07 Å². The van der Waals surface area contributed by atoms with Crippen molar-refractivity contribution in [3.05, 3.63) is 41.3 Å². The third-order valence-corrected chi connectivity index (χ3v) is 8.99. The lowest BCUT2D eigenvalue weighted by Crippen LogP contribution is -2.43. The summed E-state index contributed by atoms with van der Waals surface area (Å²) in [5, 5.41) is 4.76. The molecule has 0 saturated carbocycles. The number of nitrogens with zero attached hydrogens (tertiary/aromatic N) is 2. The first-order chi connectivity index (χ1) is 13.9. The molecule has 1 aromatic carbocycles. The second kappa shape index (κ2) is 8.45. The molecule has 3 heterocycles. The number of aryl methyl sites for hydroxylation is 1. The fraction of sp³-hybridized carbons (Fsp3) is 0.476. The molecule has 2 fully saturated rings. The van der Waals surface area contributed by atoms with Crippen LogP contribution >= 0.6 is 11.3 Å². The topological polar surface area (TPSA) is 69.7 Å². The summed E-state index contributed by atoms with van der Waals surface area (Å²) in [6.07, 6.45) is 3.84. The highest BCUT2D eigenvalue weighted by molar-refractivity contribution is 7.91. The lowest BCUT2D eigenvalue weighted by atomic mass is 9.98. The molecule has 0 spiro atoms. The first-order valence-electron chi connectivity index (χ1n) is 10.2. The van der Waals surface area contributed by atoms with Crippen LogP contribution in [0.2, 0.25) is 0 Å². The fourth-order valence-electron chi connectivity index (χ4n) is 4.20. The monoisotopic (exact) mass is 433 g/mol. The number of carbonyl (C=O) groups excluding carboxylic acids is 1. The van der Waals surface area contributed by atoms with Crippen molar-refractivity contribution in [1.82, 2.24) is 4.31 Å². The second-order valence-corrected chi connectivity index (χ2v) is 10.9.